The fourth-order valence-electron chi connectivity index (χ4n) is 3.18. The van der Waals surface area contributed by atoms with Crippen LogP contribution in [0.25, 0.3) is 5.69 Å². The van der Waals surface area contributed by atoms with Crippen molar-refractivity contribution in [3.8, 4) is 11.4 Å². The number of anilines is 1. The second kappa shape index (κ2) is 10.9. The van der Waals surface area contributed by atoms with Gasteiger partial charge in [0, 0.05) is 37.9 Å². The molecule has 1 aromatic heterocycles. The Morgan fingerprint density at radius 3 is 2.32 bits per heavy atom. The van der Waals surface area contributed by atoms with Crippen LogP contribution < -0.4 is 9.64 Å². The van der Waals surface area contributed by atoms with Gasteiger partial charge in [-0.3, -0.25) is 4.79 Å². The fourth-order valence-corrected chi connectivity index (χ4v) is 3.33. The van der Waals surface area contributed by atoms with Crippen LogP contribution in [0.15, 0.2) is 60.7 Å². The molecular weight excluding hydrogens is 426 g/mol. The largest absolute Gasteiger partial charge is 0.435 e. The Balaban J connectivity index is 0.000000179. The van der Waals surface area contributed by atoms with Crippen molar-refractivity contribution in [3.63, 3.8) is 0 Å². The van der Waals surface area contributed by atoms with Crippen LogP contribution in [0.1, 0.15) is 16.2 Å². The zero-order valence-electron chi connectivity index (χ0n) is 17.0. The molecule has 31 heavy (non-hydrogen) atoms. The van der Waals surface area contributed by atoms with Crippen LogP contribution in [0.2, 0.25) is 0 Å². The zero-order chi connectivity index (χ0) is 22.2. The molecule has 0 bridgehead atoms. The topological polar surface area (TPSA) is 50.6 Å². The monoisotopic (exact) mass is 448 g/mol. The predicted octanol–water partition coefficient (Wildman–Crippen LogP) is 4.56. The van der Waals surface area contributed by atoms with Crippen molar-refractivity contribution in [1.82, 2.24) is 14.2 Å². The van der Waals surface area contributed by atoms with Gasteiger partial charge in [-0.25, -0.2) is 9.10 Å². The van der Waals surface area contributed by atoms with E-state index in [1.54, 1.807) is 27.3 Å². The third-order valence-electron chi connectivity index (χ3n) is 4.61. The maximum atomic E-state index is 12.1. The first-order chi connectivity index (χ1) is 15.0. The van der Waals surface area contributed by atoms with Crippen LogP contribution in [0.5, 0.6) is 5.75 Å². The summed E-state index contributed by atoms with van der Waals surface area (Å²) in [5, 5.41) is 4.24. The Hall–Kier alpha value is -2.97. The summed E-state index contributed by atoms with van der Waals surface area (Å²) in [6.07, 6.45) is 0.812. The van der Waals surface area contributed by atoms with E-state index in [1.165, 1.54) is 6.07 Å². The molecule has 2 aromatic carbocycles. The Morgan fingerprint density at radius 2 is 1.68 bits per heavy atom. The average Bonchev–Trinajstić information content (AvgIpc) is 3.16. The number of hydrogen-bond acceptors (Lipinski definition) is 5. The summed E-state index contributed by atoms with van der Waals surface area (Å²) >= 11 is 5.85. The van der Waals surface area contributed by atoms with Gasteiger partial charge in [0.2, 0.25) is 0 Å². The normalized spacial score (nSPS) is 14.2. The summed E-state index contributed by atoms with van der Waals surface area (Å²) in [6.45, 7) is 2.14. The third-order valence-corrected chi connectivity index (χ3v) is 4.95. The minimum Gasteiger partial charge on any atom is -0.435 e. The number of piperazine rings is 1. The van der Waals surface area contributed by atoms with Gasteiger partial charge in [0.15, 0.2) is 6.29 Å². The maximum absolute atomic E-state index is 12.1. The highest BCUT2D eigenvalue weighted by molar-refractivity contribution is 6.13. The molecule has 2 heterocycles. The first-order valence-electron chi connectivity index (χ1n) is 9.74. The van der Waals surface area contributed by atoms with Crippen molar-refractivity contribution in [2.75, 3.05) is 31.1 Å². The number of carbonyl (C=O) groups is 1. The number of nitrogens with zero attached hydrogens (tertiary/aromatic N) is 4. The van der Waals surface area contributed by atoms with Gasteiger partial charge in [-0.15, -0.1) is 0 Å². The van der Waals surface area contributed by atoms with Crippen molar-refractivity contribution in [2.45, 2.75) is 13.5 Å². The number of carbonyl (C=O) groups excluding carboxylic acids is 1. The Labute approximate surface area is 184 Å². The molecule has 0 radical (unpaired) electrons. The highest BCUT2D eigenvalue weighted by Gasteiger charge is 2.16. The van der Waals surface area contributed by atoms with E-state index < -0.39 is 6.61 Å². The number of benzene rings is 2. The van der Waals surface area contributed by atoms with Crippen LogP contribution in [0, 0.1) is 6.92 Å². The summed E-state index contributed by atoms with van der Waals surface area (Å²) in [5.41, 5.74) is 3.21. The van der Waals surface area contributed by atoms with Crippen molar-refractivity contribution in [1.29, 1.82) is 0 Å². The Bertz CT molecular complexity index is 977. The molecule has 1 fully saturated rings. The number of aryl methyl sites for hydroxylation is 1. The van der Waals surface area contributed by atoms with Crippen molar-refractivity contribution in [3.05, 3.63) is 72.1 Å². The molecule has 0 unspecified atom stereocenters. The molecule has 6 nitrogen and oxygen atoms in total. The van der Waals surface area contributed by atoms with E-state index in [0.29, 0.717) is 5.69 Å². The van der Waals surface area contributed by atoms with E-state index in [0.717, 1.165) is 49.5 Å². The van der Waals surface area contributed by atoms with E-state index in [2.05, 4.69) is 14.7 Å². The lowest BCUT2D eigenvalue weighted by Crippen LogP contribution is -2.42. The van der Waals surface area contributed by atoms with Crippen molar-refractivity contribution in [2.24, 2.45) is 0 Å². The summed E-state index contributed by atoms with van der Waals surface area (Å²) in [6, 6.07) is 18.1. The molecule has 0 spiro atoms. The first-order valence-corrected chi connectivity index (χ1v) is 10.1. The van der Waals surface area contributed by atoms with Gasteiger partial charge >= 0.3 is 6.61 Å². The number of para-hydroxylation sites is 1. The fraction of sp³-hybridized carbons (Fsp3) is 0.273. The van der Waals surface area contributed by atoms with Gasteiger partial charge in [-0.1, -0.05) is 24.3 Å². The lowest BCUT2D eigenvalue weighted by molar-refractivity contribution is -0.0498. The molecular formula is C22H23ClF2N4O2. The molecule has 0 N–H and O–H groups in total. The summed E-state index contributed by atoms with van der Waals surface area (Å²) in [4.78, 5) is 12.8. The molecule has 1 aliphatic heterocycles. The van der Waals surface area contributed by atoms with Crippen LogP contribution in [0.3, 0.4) is 0 Å². The molecule has 3 aromatic rings. The average molecular weight is 449 g/mol. The molecule has 164 valence electrons. The van der Waals surface area contributed by atoms with Gasteiger partial charge in [0.1, 0.15) is 11.4 Å². The lowest BCUT2D eigenvalue weighted by atomic mass is 10.2. The summed E-state index contributed by atoms with van der Waals surface area (Å²) < 4.78 is 31.9. The molecule has 0 aliphatic carbocycles. The van der Waals surface area contributed by atoms with Crippen LogP contribution in [-0.4, -0.2) is 53.3 Å². The second-order valence-corrected chi connectivity index (χ2v) is 7.33. The maximum Gasteiger partial charge on any atom is 0.387 e. The van der Waals surface area contributed by atoms with Gasteiger partial charge < -0.3 is 9.64 Å². The number of halogens is 3. The molecule has 0 saturated carbocycles. The molecule has 9 heteroatoms. The highest BCUT2D eigenvalue weighted by atomic mass is 35.5. The van der Waals surface area contributed by atoms with Crippen molar-refractivity contribution >= 4 is 23.8 Å². The van der Waals surface area contributed by atoms with E-state index >= 15 is 0 Å². The van der Waals surface area contributed by atoms with E-state index in [9.17, 15) is 13.6 Å². The minimum absolute atomic E-state index is 0.186. The van der Waals surface area contributed by atoms with Gasteiger partial charge in [-0.05, 0) is 49.0 Å². The SMILES string of the molecule is Cc1cc(C=O)n(-c2ccccc2)n1.FC(F)Oc1cccc(N2CCN(Cl)CC2)c1. The second-order valence-electron chi connectivity index (χ2n) is 6.85. The number of rotatable bonds is 5. The van der Waals surface area contributed by atoms with E-state index in [1.807, 2.05) is 43.3 Å². The molecule has 1 aliphatic rings. The molecule has 4 rings (SSSR count). The van der Waals surface area contributed by atoms with Crippen LogP contribution in [0.4, 0.5) is 14.5 Å². The quantitative estimate of drug-likeness (QED) is 0.423. The number of ether oxygens (including phenoxy) is 1. The number of alkyl halides is 2. The highest BCUT2D eigenvalue weighted by Crippen LogP contribution is 2.23. The van der Waals surface area contributed by atoms with Crippen LogP contribution in [-0.2, 0) is 0 Å². The van der Waals surface area contributed by atoms with E-state index in [-0.39, 0.29) is 5.75 Å². The number of aldehydes is 1. The molecule has 1 saturated heterocycles. The molecule has 0 amide bonds. The summed E-state index contributed by atoms with van der Waals surface area (Å²) in [5.74, 6) is 0.186. The Kier molecular flexibility index (Phi) is 7.97. The van der Waals surface area contributed by atoms with Gasteiger partial charge in [-0.2, -0.15) is 13.9 Å². The van der Waals surface area contributed by atoms with Gasteiger partial charge in [0.25, 0.3) is 0 Å². The number of aromatic nitrogens is 2. The van der Waals surface area contributed by atoms with E-state index in [4.69, 9.17) is 11.8 Å². The van der Waals surface area contributed by atoms with Crippen molar-refractivity contribution < 1.29 is 18.3 Å². The third kappa shape index (κ3) is 6.50. The first kappa shape index (κ1) is 22.7. The standard InChI is InChI=1S/C11H13ClF2N2O.C11H10N2O/c12-16-6-4-15(5-7-16)9-2-1-3-10(8-9)17-11(13)14;1-9-7-11(8-14)13(12-9)10-5-3-2-4-6-10/h1-3,8,11H,4-7H2;2-8H,1H3. The smallest absolute Gasteiger partial charge is 0.387 e. The van der Waals surface area contributed by atoms with Crippen LogP contribution >= 0.6 is 11.8 Å². The number of hydrogen-bond donors (Lipinski definition) is 0. The zero-order valence-corrected chi connectivity index (χ0v) is 17.8. The molecule has 0 atom stereocenters. The Morgan fingerprint density at radius 1 is 1.00 bits per heavy atom. The summed E-state index contributed by atoms with van der Waals surface area (Å²) in [7, 11) is 0. The minimum atomic E-state index is -2.79. The van der Waals surface area contributed by atoms with Gasteiger partial charge in [0.05, 0.1) is 11.4 Å². The lowest BCUT2D eigenvalue weighted by Gasteiger charge is -2.32. The predicted molar refractivity (Wildman–Crippen MR) is 116 cm³/mol.